The number of rotatable bonds is 58. The second-order valence-corrected chi connectivity index (χ2v) is 35.3. The zero-order valence-electron chi connectivity index (χ0n) is 76.5. The van der Waals surface area contributed by atoms with Gasteiger partial charge in [-0.3, -0.25) is 101 Å². The number of aliphatic hydroxyl groups excluding tert-OH is 2. The first kappa shape index (κ1) is 113. The lowest BCUT2D eigenvalue weighted by Crippen LogP contribution is -2.62. The summed E-state index contributed by atoms with van der Waals surface area (Å²) in [5.41, 5.74) is 22.3. The Labute approximate surface area is 759 Å². The molecule has 0 unspecified atom stereocenters. The average Bonchev–Trinajstić information content (AvgIpc) is 1.71. The molecule has 3 fully saturated rings. The Bertz CT molecular complexity index is 4040. The van der Waals surface area contributed by atoms with Crippen molar-refractivity contribution in [3.8, 4) is 0 Å². The highest BCUT2D eigenvalue weighted by atomic mass is 16.4. The number of carbonyl (C=O) groups excluding carboxylic acids is 18. The van der Waals surface area contributed by atoms with Gasteiger partial charge in [0.25, 0.3) is 0 Å². The highest BCUT2D eigenvalue weighted by Crippen LogP contribution is 2.26. The largest absolute Gasteiger partial charge is 0.481 e. The van der Waals surface area contributed by atoms with Gasteiger partial charge in [-0.15, -0.1) is 0 Å². The first-order valence-corrected chi connectivity index (χ1v) is 44.3. The van der Waals surface area contributed by atoms with Gasteiger partial charge >= 0.3 is 23.9 Å². The topological polar surface area (TPSA) is 767 Å². The van der Waals surface area contributed by atoms with Crippen molar-refractivity contribution in [1.29, 1.82) is 0 Å². The molecule has 3 heterocycles. The molecular formula is C83H138N20O28. The highest BCUT2D eigenvalue weighted by Gasteiger charge is 2.46. The van der Waals surface area contributed by atoms with Gasteiger partial charge in [0.05, 0.1) is 38.5 Å². The van der Waals surface area contributed by atoms with E-state index in [1.807, 2.05) is 5.32 Å². The molecule has 738 valence electrons. The number of hydrogen-bond donors (Lipinski definition) is 23. The fraction of sp³-hybridized carbons (Fsp3) is 0.735. The Hall–Kier alpha value is -11.8. The van der Waals surface area contributed by atoms with Gasteiger partial charge in [0.15, 0.2) is 0 Å². The van der Waals surface area contributed by atoms with Crippen molar-refractivity contribution in [2.24, 2.45) is 58.4 Å². The zero-order chi connectivity index (χ0) is 99.3. The van der Waals surface area contributed by atoms with Crippen LogP contribution in [0.15, 0.2) is 0 Å². The van der Waals surface area contributed by atoms with E-state index in [0.29, 0.717) is 12.8 Å². The number of likely N-dealkylation sites (tertiary alicyclic amines) is 3. The third-order valence-corrected chi connectivity index (χ3v) is 22.4. The summed E-state index contributed by atoms with van der Waals surface area (Å²) in [5.74, 6) is -27.7. The fourth-order valence-corrected chi connectivity index (χ4v) is 15.0. The Balaban J connectivity index is 1.86. The number of carbonyl (C=O) groups is 22. The van der Waals surface area contributed by atoms with E-state index in [9.17, 15) is 136 Å². The van der Waals surface area contributed by atoms with Gasteiger partial charge in [0.2, 0.25) is 106 Å². The third-order valence-electron chi connectivity index (χ3n) is 22.4. The standard InChI is InChI=1S/C83H138N20O28/c1-13-44(12)66(79(126)94-48(31-39(2)3)68(115)91-49(34-59(85)106)69(116)97-54(37-104)72(119)92-51(36-63(112)113)71(118)89-46(24-26-62(110)111)80(127)101-28-16-21-57(101)75(122)90-47(83(130)131)19-14-15-27-84)100-76(123)58-22-18-30-103(58)82(129)53(33-41(6)7)96-78(125)65(43(10)11)99-67(114)45(23-25-61(108)109)88-74(121)56-20-17-29-102(56)81(128)52(32-40(4)5)95-73(120)55(38-105)98-70(117)50(35-60(86)107)93-77(124)64(87)42(8)9/h39-58,64-66,104-105H,13-38,84,87H2,1-12H3,(H2,85,106)(H2,86,107)(H,88,121)(H,89,118)(H,90,122)(H,91,115)(H,92,119)(H,93,124)(H,94,126)(H,95,120)(H,96,125)(H,97,116)(H,98,117)(H,99,114)(H,100,123)(H,108,109)(H,110,111)(H,112,113)(H,130,131)/t44-,45-,46-,47-,48-,49-,50-,51-,52-,53-,54-,55-,56-,57-,58-,64-,65-,66-/m0/s1. The summed E-state index contributed by atoms with van der Waals surface area (Å²) in [7, 11) is 0. The van der Waals surface area contributed by atoms with E-state index >= 15 is 0 Å². The first-order chi connectivity index (χ1) is 61.3. The molecule has 18 amide bonds. The number of nitrogens with one attached hydrogen (secondary N) is 13. The van der Waals surface area contributed by atoms with Crippen LogP contribution in [0.2, 0.25) is 0 Å². The molecule has 27 N–H and O–H groups in total. The second kappa shape index (κ2) is 55.4. The molecule has 0 saturated carbocycles. The molecule has 0 radical (unpaired) electrons. The molecule has 0 aromatic carbocycles. The lowest BCUT2D eigenvalue weighted by molar-refractivity contribution is -0.145. The van der Waals surface area contributed by atoms with Gasteiger partial charge in [-0.25, -0.2) is 4.79 Å². The van der Waals surface area contributed by atoms with Crippen LogP contribution in [-0.4, -0.2) is 318 Å². The normalized spacial score (nSPS) is 18.3. The predicted octanol–water partition coefficient (Wildman–Crippen LogP) is -6.76. The van der Waals surface area contributed by atoms with Crippen molar-refractivity contribution in [2.45, 2.75) is 314 Å². The molecule has 48 heteroatoms. The van der Waals surface area contributed by atoms with Crippen LogP contribution in [0.3, 0.4) is 0 Å². The summed E-state index contributed by atoms with van der Waals surface area (Å²) in [4.78, 5) is 303. The van der Waals surface area contributed by atoms with Gasteiger partial charge in [-0.1, -0.05) is 89.5 Å². The number of aliphatic hydroxyl groups is 2. The summed E-state index contributed by atoms with van der Waals surface area (Å²) >= 11 is 0. The molecule has 3 rings (SSSR count). The van der Waals surface area contributed by atoms with Crippen LogP contribution >= 0.6 is 0 Å². The molecule has 3 aliphatic heterocycles. The van der Waals surface area contributed by atoms with Gasteiger partial charge in [-0.05, 0) is 132 Å². The van der Waals surface area contributed by atoms with E-state index in [0.717, 1.165) is 9.80 Å². The number of carboxylic acid groups (broad SMARTS) is 4. The van der Waals surface area contributed by atoms with Crippen molar-refractivity contribution in [3.05, 3.63) is 0 Å². The molecule has 3 saturated heterocycles. The van der Waals surface area contributed by atoms with Gasteiger partial charge < -0.3 is 137 Å². The summed E-state index contributed by atoms with van der Waals surface area (Å²) in [6.45, 7) is 17.5. The molecule has 18 atom stereocenters. The van der Waals surface area contributed by atoms with E-state index in [2.05, 4.69) is 63.8 Å². The fourth-order valence-electron chi connectivity index (χ4n) is 15.0. The SMILES string of the molecule is CC[C@H](C)[C@H](NC(=O)[C@@H]1CCCN1C(=O)[C@H](CC(C)C)NC(=O)[C@@H](NC(=O)[C@H](CCC(=O)O)NC(=O)[C@@H]1CCCN1C(=O)[C@H](CC(C)C)NC(=O)[C@H](CO)NC(=O)[C@H](CC(N)=O)NC(=O)[C@@H](N)C(C)C)C(C)C)C(=O)N[C@@H](CC(C)C)C(=O)N[C@@H](CC(N)=O)C(=O)N[C@@H](CO)C(=O)N[C@@H](CC(=O)O)C(=O)N[C@@H](CCC(=O)O)C(=O)N1CCC[C@H]1C(=O)N[C@@H](CCCCN)C(=O)O. The minimum Gasteiger partial charge on any atom is -0.481 e. The number of nitrogens with two attached hydrogens (primary N) is 4. The monoisotopic (exact) mass is 1860 g/mol. The summed E-state index contributed by atoms with van der Waals surface area (Å²) in [5, 5.41) is 91.2. The first-order valence-electron chi connectivity index (χ1n) is 44.3. The van der Waals surface area contributed by atoms with Crippen molar-refractivity contribution in [3.63, 3.8) is 0 Å². The lowest BCUT2D eigenvalue weighted by Gasteiger charge is -2.33. The molecule has 0 aromatic heterocycles. The number of nitrogens with zero attached hydrogens (tertiary/aromatic N) is 3. The molecule has 0 spiro atoms. The molecular weight excluding hydrogens is 1730 g/mol. The maximum Gasteiger partial charge on any atom is 0.326 e. The maximum atomic E-state index is 15.0. The molecule has 0 aliphatic carbocycles. The van der Waals surface area contributed by atoms with E-state index < -0.39 is 315 Å². The quantitative estimate of drug-likeness (QED) is 0.0252. The number of primary amides is 2. The zero-order valence-corrected chi connectivity index (χ0v) is 76.5. The molecule has 3 aliphatic rings. The van der Waals surface area contributed by atoms with Crippen LogP contribution in [0, 0.1) is 35.5 Å². The summed E-state index contributed by atoms with van der Waals surface area (Å²) in [6, 6.07) is -26.9. The van der Waals surface area contributed by atoms with Crippen LogP contribution in [0.1, 0.15) is 212 Å². The lowest BCUT2D eigenvalue weighted by atomic mass is 9.96. The smallest absolute Gasteiger partial charge is 0.326 e. The summed E-state index contributed by atoms with van der Waals surface area (Å²) in [6.07, 6.45) is -4.20. The number of aliphatic carboxylic acids is 4. The Kier molecular flexibility index (Phi) is 47.9. The Morgan fingerprint density at radius 3 is 1.05 bits per heavy atom. The van der Waals surface area contributed by atoms with Crippen LogP contribution in [0.25, 0.3) is 0 Å². The van der Waals surface area contributed by atoms with Crippen molar-refractivity contribution >= 4 is 130 Å². The van der Waals surface area contributed by atoms with E-state index in [-0.39, 0.29) is 109 Å². The molecule has 48 nitrogen and oxygen atoms in total. The van der Waals surface area contributed by atoms with E-state index in [1.165, 1.54) is 4.90 Å². The van der Waals surface area contributed by atoms with Crippen LogP contribution in [0.5, 0.6) is 0 Å². The van der Waals surface area contributed by atoms with Crippen LogP contribution in [-0.2, 0) is 105 Å². The van der Waals surface area contributed by atoms with E-state index in [1.54, 1.807) is 83.1 Å². The molecule has 131 heavy (non-hydrogen) atoms. The minimum absolute atomic E-state index is 0.00892. The predicted molar refractivity (Wildman–Crippen MR) is 463 cm³/mol. The molecule has 0 aromatic rings. The van der Waals surface area contributed by atoms with E-state index in [4.69, 9.17) is 22.9 Å². The van der Waals surface area contributed by atoms with Gasteiger partial charge in [0.1, 0.15) is 96.7 Å². The average molecular weight is 1860 g/mol. The Morgan fingerprint density at radius 2 is 0.672 bits per heavy atom. The Morgan fingerprint density at radius 1 is 0.344 bits per heavy atom. The molecule has 0 bridgehead atoms. The van der Waals surface area contributed by atoms with Crippen LogP contribution in [0.4, 0.5) is 0 Å². The number of amides is 18. The maximum absolute atomic E-state index is 15.0. The van der Waals surface area contributed by atoms with Crippen molar-refractivity contribution in [1.82, 2.24) is 83.8 Å². The highest BCUT2D eigenvalue weighted by molar-refractivity contribution is 6.03. The summed E-state index contributed by atoms with van der Waals surface area (Å²) < 4.78 is 0. The van der Waals surface area contributed by atoms with Crippen LogP contribution < -0.4 is 92.1 Å². The third kappa shape index (κ3) is 37.2. The van der Waals surface area contributed by atoms with Crippen molar-refractivity contribution < 1.29 is 136 Å². The van der Waals surface area contributed by atoms with Gasteiger partial charge in [-0.2, -0.15) is 0 Å². The van der Waals surface area contributed by atoms with Crippen molar-refractivity contribution in [2.75, 3.05) is 39.4 Å². The minimum atomic E-state index is -2.15. The number of hydrogen-bond acceptors (Lipinski definition) is 26. The second-order valence-electron chi connectivity index (χ2n) is 35.3. The van der Waals surface area contributed by atoms with Gasteiger partial charge in [0, 0.05) is 32.5 Å². The number of unbranched alkanes of at least 4 members (excludes halogenated alkanes) is 1. The number of carboxylic acids is 4.